The summed E-state index contributed by atoms with van der Waals surface area (Å²) >= 11 is 1.64. The number of aromatic nitrogens is 1. The zero-order valence-corrected chi connectivity index (χ0v) is 11.1. The van der Waals surface area contributed by atoms with Gasteiger partial charge in [-0.15, -0.1) is 11.8 Å². The molecule has 1 aliphatic heterocycles. The highest BCUT2D eigenvalue weighted by atomic mass is 32.2. The summed E-state index contributed by atoms with van der Waals surface area (Å²) in [5.74, 6) is 1.55. The van der Waals surface area contributed by atoms with Gasteiger partial charge in [0.05, 0.1) is 0 Å². The number of carbonyl (C=O) groups is 1. The van der Waals surface area contributed by atoms with Gasteiger partial charge in [0.1, 0.15) is 5.82 Å². The number of hydrogen-bond acceptors (Lipinski definition) is 5. The summed E-state index contributed by atoms with van der Waals surface area (Å²) in [6.45, 7) is 3.46. The number of anilines is 1. The summed E-state index contributed by atoms with van der Waals surface area (Å²) in [4.78, 5) is 18.9. The van der Waals surface area contributed by atoms with Crippen LogP contribution in [0.1, 0.15) is 6.42 Å². The van der Waals surface area contributed by atoms with E-state index in [2.05, 4.69) is 10.3 Å². The van der Waals surface area contributed by atoms with Crippen molar-refractivity contribution in [3.8, 4) is 0 Å². The number of hydrogen-bond donors (Lipinski definition) is 2. The lowest BCUT2D eigenvalue weighted by molar-refractivity contribution is -0.131. The van der Waals surface area contributed by atoms with Gasteiger partial charge in [0.15, 0.2) is 0 Å². The first-order chi connectivity index (χ1) is 8.75. The number of amides is 1. The van der Waals surface area contributed by atoms with Crippen molar-refractivity contribution in [2.45, 2.75) is 11.3 Å². The Labute approximate surface area is 111 Å². The first-order valence-electron chi connectivity index (χ1n) is 6.08. The van der Waals surface area contributed by atoms with Gasteiger partial charge < -0.3 is 16.0 Å². The van der Waals surface area contributed by atoms with Crippen molar-refractivity contribution >= 4 is 23.5 Å². The van der Waals surface area contributed by atoms with E-state index in [1.54, 1.807) is 24.0 Å². The average Bonchev–Trinajstić information content (AvgIpc) is 2.42. The Hall–Kier alpha value is -1.27. The van der Waals surface area contributed by atoms with E-state index in [4.69, 9.17) is 5.73 Å². The lowest BCUT2D eigenvalue weighted by Crippen LogP contribution is -2.46. The number of carbonyl (C=O) groups excluding carboxylic acids is 1. The van der Waals surface area contributed by atoms with Crippen molar-refractivity contribution in [2.24, 2.45) is 0 Å². The normalized spacial score (nSPS) is 15.7. The molecular formula is C12H18N4OS. The fraction of sp³-hybridized carbons (Fsp3) is 0.500. The molecular weight excluding hydrogens is 248 g/mol. The highest BCUT2D eigenvalue weighted by molar-refractivity contribution is 7.99. The Bertz CT molecular complexity index is 390. The molecule has 1 fully saturated rings. The van der Waals surface area contributed by atoms with Crippen LogP contribution >= 0.6 is 11.8 Å². The van der Waals surface area contributed by atoms with Gasteiger partial charge in [0, 0.05) is 49.4 Å². The van der Waals surface area contributed by atoms with Crippen LogP contribution < -0.4 is 11.1 Å². The number of rotatable bonds is 4. The molecule has 1 amide bonds. The fourth-order valence-electron chi connectivity index (χ4n) is 1.81. The van der Waals surface area contributed by atoms with Crippen LogP contribution in [0.4, 0.5) is 5.82 Å². The molecule has 0 saturated carbocycles. The second-order valence-electron chi connectivity index (χ2n) is 4.15. The van der Waals surface area contributed by atoms with Crippen LogP contribution in [0.3, 0.4) is 0 Å². The van der Waals surface area contributed by atoms with Gasteiger partial charge in [-0.1, -0.05) is 0 Å². The van der Waals surface area contributed by atoms with Crippen LogP contribution in [0.15, 0.2) is 23.2 Å². The average molecular weight is 266 g/mol. The predicted octanol–water partition coefficient (Wildman–Crippen LogP) is 0.578. The molecule has 0 aromatic carbocycles. The highest BCUT2D eigenvalue weighted by Crippen LogP contribution is 2.18. The number of piperazine rings is 1. The predicted molar refractivity (Wildman–Crippen MR) is 73.4 cm³/mol. The zero-order chi connectivity index (χ0) is 12.8. The summed E-state index contributed by atoms with van der Waals surface area (Å²) in [6, 6.07) is 3.71. The number of nitrogens with zero attached hydrogens (tertiary/aromatic N) is 2. The highest BCUT2D eigenvalue weighted by Gasteiger charge is 2.15. The lowest BCUT2D eigenvalue weighted by Gasteiger charge is -2.27. The molecule has 98 valence electrons. The molecule has 2 heterocycles. The third-order valence-electron chi connectivity index (χ3n) is 2.81. The van der Waals surface area contributed by atoms with Gasteiger partial charge in [-0.25, -0.2) is 4.98 Å². The molecule has 1 aliphatic rings. The smallest absolute Gasteiger partial charge is 0.223 e. The maximum absolute atomic E-state index is 11.9. The summed E-state index contributed by atoms with van der Waals surface area (Å²) < 4.78 is 0. The second kappa shape index (κ2) is 6.61. The van der Waals surface area contributed by atoms with Gasteiger partial charge in [-0.05, 0) is 12.1 Å². The van der Waals surface area contributed by atoms with E-state index in [-0.39, 0.29) is 5.91 Å². The molecule has 6 heteroatoms. The van der Waals surface area contributed by atoms with Gasteiger partial charge >= 0.3 is 0 Å². The van der Waals surface area contributed by atoms with Crippen molar-refractivity contribution in [2.75, 3.05) is 37.7 Å². The van der Waals surface area contributed by atoms with Gasteiger partial charge in [-0.2, -0.15) is 0 Å². The summed E-state index contributed by atoms with van der Waals surface area (Å²) in [6.07, 6.45) is 2.32. The first-order valence-corrected chi connectivity index (χ1v) is 7.07. The maximum Gasteiger partial charge on any atom is 0.223 e. The SMILES string of the molecule is Nc1ccc(SCCC(=O)N2CCNCC2)cn1. The number of thioether (sulfide) groups is 1. The molecule has 0 spiro atoms. The van der Waals surface area contributed by atoms with Crippen molar-refractivity contribution in [1.29, 1.82) is 0 Å². The van der Waals surface area contributed by atoms with Crippen LogP contribution in [-0.2, 0) is 4.79 Å². The lowest BCUT2D eigenvalue weighted by atomic mass is 10.3. The van der Waals surface area contributed by atoms with E-state index in [1.807, 2.05) is 11.0 Å². The summed E-state index contributed by atoms with van der Waals surface area (Å²) in [7, 11) is 0. The van der Waals surface area contributed by atoms with E-state index in [0.717, 1.165) is 36.8 Å². The number of pyridine rings is 1. The second-order valence-corrected chi connectivity index (χ2v) is 5.32. The van der Waals surface area contributed by atoms with Crippen LogP contribution in [0.25, 0.3) is 0 Å². The topological polar surface area (TPSA) is 71.2 Å². The molecule has 0 radical (unpaired) electrons. The molecule has 0 atom stereocenters. The number of nitrogens with two attached hydrogens (primary N) is 1. The van der Waals surface area contributed by atoms with E-state index >= 15 is 0 Å². The third kappa shape index (κ3) is 3.89. The maximum atomic E-state index is 11.9. The van der Waals surface area contributed by atoms with Gasteiger partial charge in [0.2, 0.25) is 5.91 Å². The van der Waals surface area contributed by atoms with Crippen LogP contribution in [0, 0.1) is 0 Å². The molecule has 1 aromatic heterocycles. The monoisotopic (exact) mass is 266 g/mol. The van der Waals surface area contributed by atoms with Crippen LogP contribution in [0.2, 0.25) is 0 Å². The van der Waals surface area contributed by atoms with Gasteiger partial charge in [-0.3, -0.25) is 4.79 Å². The number of nitrogen functional groups attached to an aromatic ring is 1. The van der Waals surface area contributed by atoms with Crippen molar-refractivity contribution in [3.63, 3.8) is 0 Å². The quantitative estimate of drug-likeness (QED) is 0.780. The van der Waals surface area contributed by atoms with Crippen molar-refractivity contribution in [3.05, 3.63) is 18.3 Å². The first kappa shape index (κ1) is 13.2. The molecule has 1 saturated heterocycles. The van der Waals surface area contributed by atoms with Crippen LogP contribution in [0.5, 0.6) is 0 Å². The molecule has 0 bridgehead atoms. The Kier molecular flexibility index (Phi) is 4.83. The Morgan fingerprint density at radius 3 is 2.89 bits per heavy atom. The Morgan fingerprint density at radius 1 is 1.44 bits per heavy atom. The summed E-state index contributed by atoms with van der Waals surface area (Å²) in [5.41, 5.74) is 5.51. The molecule has 5 nitrogen and oxygen atoms in total. The molecule has 1 aromatic rings. The van der Waals surface area contributed by atoms with E-state index in [1.165, 1.54) is 0 Å². The largest absolute Gasteiger partial charge is 0.384 e. The summed E-state index contributed by atoms with van der Waals surface area (Å²) in [5, 5.41) is 3.24. The Morgan fingerprint density at radius 2 is 2.22 bits per heavy atom. The van der Waals surface area contributed by atoms with Gasteiger partial charge in [0.25, 0.3) is 0 Å². The minimum absolute atomic E-state index is 0.243. The minimum atomic E-state index is 0.243. The van der Waals surface area contributed by atoms with Crippen molar-refractivity contribution in [1.82, 2.24) is 15.2 Å². The van der Waals surface area contributed by atoms with Crippen molar-refractivity contribution < 1.29 is 4.79 Å². The van der Waals surface area contributed by atoms with E-state index in [0.29, 0.717) is 12.2 Å². The van der Waals surface area contributed by atoms with E-state index in [9.17, 15) is 4.79 Å². The third-order valence-corrected chi connectivity index (χ3v) is 3.80. The standard InChI is InChI=1S/C12H18N4OS/c13-11-2-1-10(9-15-11)18-8-3-12(17)16-6-4-14-5-7-16/h1-2,9,14H,3-8H2,(H2,13,15). The molecule has 3 N–H and O–H groups in total. The minimum Gasteiger partial charge on any atom is -0.384 e. The Balaban J connectivity index is 1.71. The molecule has 2 rings (SSSR count). The molecule has 0 unspecified atom stereocenters. The molecule has 0 aliphatic carbocycles. The number of nitrogens with one attached hydrogen (secondary N) is 1. The van der Waals surface area contributed by atoms with Crippen LogP contribution in [-0.4, -0.2) is 47.7 Å². The zero-order valence-electron chi connectivity index (χ0n) is 10.3. The molecule has 18 heavy (non-hydrogen) atoms. The van der Waals surface area contributed by atoms with E-state index < -0.39 is 0 Å². The fourth-order valence-corrected chi connectivity index (χ4v) is 2.61.